The summed E-state index contributed by atoms with van der Waals surface area (Å²) in [5.74, 6) is 0.241. The monoisotopic (exact) mass is 370 g/mol. The summed E-state index contributed by atoms with van der Waals surface area (Å²) in [7, 11) is 0. The zero-order valence-electron chi connectivity index (χ0n) is 15.6. The van der Waals surface area contributed by atoms with Crippen LogP contribution >= 0.6 is 11.3 Å². The number of nitrogens with one attached hydrogen (secondary N) is 1. The van der Waals surface area contributed by atoms with Gasteiger partial charge in [0, 0.05) is 24.4 Å². The van der Waals surface area contributed by atoms with E-state index >= 15 is 0 Å². The van der Waals surface area contributed by atoms with Gasteiger partial charge in [-0.15, -0.1) is 11.3 Å². The highest BCUT2D eigenvalue weighted by Crippen LogP contribution is 2.28. The lowest BCUT2D eigenvalue weighted by molar-refractivity contribution is -0.129. The van der Waals surface area contributed by atoms with E-state index < -0.39 is 0 Å². The summed E-state index contributed by atoms with van der Waals surface area (Å²) in [6.45, 7) is 7.47. The van der Waals surface area contributed by atoms with Crippen molar-refractivity contribution in [2.75, 3.05) is 13.1 Å². The Hall–Kier alpha value is -2.14. The quantitative estimate of drug-likeness (QED) is 0.837. The summed E-state index contributed by atoms with van der Waals surface area (Å²) in [5.41, 5.74) is 2.35. The number of carbonyl (C=O) groups is 2. The molecule has 1 aromatic carbocycles. The Labute approximate surface area is 159 Å². The molecule has 1 N–H and O–H groups in total. The van der Waals surface area contributed by atoms with Gasteiger partial charge in [-0.3, -0.25) is 9.59 Å². The Morgan fingerprint density at radius 3 is 2.46 bits per heavy atom. The van der Waals surface area contributed by atoms with Crippen molar-refractivity contribution in [3.8, 4) is 0 Å². The molecular formula is C21H26N2O2S. The number of benzene rings is 1. The summed E-state index contributed by atoms with van der Waals surface area (Å²) >= 11 is 1.63. The zero-order valence-corrected chi connectivity index (χ0v) is 16.4. The molecule has 0 aliphatic carbocycles. The van der Waals surface area contributed by atoms with Gasteiger partial charge in [-0.05, 0) is 35.4 Å². The molecule has 5 heteroatoms. The topological polar surface area (TPSA) is 49.4 Å². The molecule has 2 aromatic rings. The fourth-order valence-corrected chi connectivity index (χ4v) is 4.16. The van der Waals surface area contributed by atoms with Crippen LogP contribution in [0.15, 0.2) is 41.8 Å². The van der Waals surface area contributed by atoms with Gasteiger partial charge in [-0.2, -0.15) is 0 Å². The SMILES string of the molecule is CCN1CC(C(=O)NC(c2ccc(C(C)C)cc2)c2cccs2)CC1=O. The van der Waals surface area contributed by atoms with Crippen molar-refractivity contribution in [1.29, 1.82) is 0 Å². The number of nitrogens with zero attached hydrogens (tertiary/aromatic N) is 1. The highest BCUT2D eigenvalue weighted by Gasteiger charge is 2.34. The summed E-state index contributed by atoms with van der Waals surface area (Å²) in [4.78, 5) is 27.6. The first-order valence-electron chi connectivity index (χ1n) is 9.21. The molecule has 1 aliphatic heterocycles. The Morgan fingerprint density at radius 2 is 1.92 bits per heavy atom. The van der Waals surface area contributed by atoms with Gasteiger partial charge >= 0.3 is 0 Å². The largest absolute Gasteiger partial charge is 0.344 e. The lowest BCUT2D eigenvalue weighted by Gasteiger charge is -2.21. The molecule has 3 rings (SSSR count). The van der Waals surface area contributed by atoms with Crippen molar-refractivity contribution < 1.29 is 9.59 Å². The molecule has 4 nitrogen and oxygen atoms in total. The summed E-state index contributed by atoms with van der Waals surface area (Å²) in [6, 6.07) is 12.3. The molecule has 0 saturated carbocycles. The maximum absolute atomic E-state index is 12.8. The van der Waals surface area contributed by atoms with Crippen LogP contribution in [0.1, 0.15) is 55.2 Å². The summed E-state index contributed by atoms with van der Waals surface area (Å²) < 4.78 is 0. The van der Waals surface area contributed by atoms with Crippen molar-refractivity contribution in [2.24, 2.45) is 5.92 Å². The van der Waals surface area contributed by atoms with Crippen molar-refractivity contribution in [1.82, 2.24) is 10.2 Å². The van der Waals surface area contributed by atoms with E-state index in [4.69, 9.17) is 0 Å². The van der Waals surface area contributed by atoms with Gasteiger partial charge in [-0.1, -0.05) is 44.2 Å². The third kappa shape index (κ3) is 3.98. The Bertz CT molecular complexity index is 753. The molecule has 2 heterocycles. The number of hydrogen-bond donors (Lipinski definition) is 1. The van der Waals surface area contributed by atoms with E-state index in [1.54, 1.807) is 16.2 Å². The van der Waals surface area contributed by atoms with E-state index in [2.05, 4.69) is 43.4 Å². The number of carbonyl (C=O) groups excluding carboxylic acids is 2. The molecule has 0 bridgehead atoms. The number of amides is 2. The number of likely N-dealkylation sites (tertiary alicyclic amines) is 1. The standard InChI is InChI=1S/C21H26N2O2S/c1-4-23-13-17(12-19(23)24)21(25)22-20(18-6-5-11-26-18)16-9-7-15(8-10-16)14(2)3/h5-11,14,17,20H,4,12-13H2,1-3H3,(H,22,25). The minimum Gasteiger partial charge on any atom is -0.344 e. The third-order valence-electron chi connectivity index (χ3n) is 5.02. The average Bonchev–Trinajstić information content (AvgIpc) is 3.29. The van der Waals surface area contributed by atoms with Crippen LogP contribution in [0.3, 0.4) is 0 Å². The lowest BCUT2D eigenvalue weighted by atomic mass is 9.97. The average molecular weight is 371 g/mol. The molecule has 138 valence electrons. The highest BCUT2D eigenvalue weighted by molar-refractivity contribution is 7.10. The Balaban J connectivity index is 1.79. The van der Waals surface area contributed by atoms with Crippen molar-refractivity contribution in [3.63, 3.8) is 0 Å². The van der Waals surface area contributed by atoms with Gasteiger partial charge in [0.2, 0.25) is 11.8 Å². The van der Waals surface area contributed by atoms with Gasteiger partial charge < -0.3 is 10.2 Å². The zero-order chi connectivity index (χ0) is 18.7. The van der Waals surface area contributed by atoms with Crippen LogP contribution < -0.4 is 5.32 Å². The molecule has 1 saturated heterocycles. The van der Waals surface area contributed by atoms with Crippen LogP contribution in [0, 0.1) is 5.92 Å². The van der Waals surface area contributed by atoms with Crippen LogP contribution in [-0.2, 0) is 9.59 Å². The number of hydrogen-bond acceptors (Lipinski definition) is 3. The van der Waals surface area contributed by atoms with E-state index in [0.717, 1.165) is 10.4 Å². The van der Waals surface area contributed by atoms with Crippen LogP contribution in [0.4, 0.5) is 0 Å². The Morgan fingerprint density at radius 1 is 1.23 bits per heavy atom. The van der Waals surface area contributed by atoms with Crippen molar-refractivity contribution in [2.45, 2.75) is 39.2 Å². The maximum Gasteiger partial charge on any atom is 0.226 e. The van der Waals surface area contributed by atoms with Crippen LogP contribution in [-0.4, -0.2) is 29.8 Å². The maximum atomic E-state index is 12.8. The fourth-order valence-electron chi connectivity index (χ4n) is 3.36. The van der Waals surface area contributed by atoms with E-state index in [1.807, 2.05) is 24.4 Å². The minimum absolute atomic E-state index is 0.0411. The van der Waals surface area contributed by atoms with Crippen LogP contribution in [0.5, 0.6) is 0 Å². The van der Waals surface area contributed by atoms with Crippen molar-refractivity contribution >= 4 is 23.2 Å². The molecule has 2 unspecified atom stereocenters. The van der Waals surface area contributed by atoms with E-state index in [0.29, 0.717) is 25.4 Å². The second-order valence-electron chi connectivity index (χ2n) is 7.11. The predicted molar refractivity (Wildman–Crippen MR) is 105 cm³/mol. The molecule has 1 fully saturated rings. The van der Waals surface area contributed by atoms with Gasteiger partial charge in [0.1, 0.15) is 0 Å². The van der Waals surface area contributed by atoms with Crippen LogP contribution in [0.2, 0.25) is 0 Å². The van der Waals surface area contributed by atoms with Crippen LogP contribution in [0.25, 0.3) is 0 Å². The molecule has 0 radical (unpaired) electrons. The molecule has 0 spiro atoms. The molecule has 1 aromatic heterocycles. The third-order valence-corrected chi connectivity index (χ3v) is 5.95. The first-order valence-corrected chi connectivity index (χ1v) is 10.1. The van der Waals surface area contributed by atoms with E-state index in [-0.39, 0.29) is 23.8 Å². The minimum atomic E-state index is -0.264. The van der Waals surface area contributed by atoms with Gasteiger partial charge in [0.25, 0.3) is 0 Å². The molecular weight excluding hydrogens is 344 g/mol. The number of thiophene rings is 1. The van der Waals surface area contributed by atoms with Gasteiger partial charge in [0.15, 0.2) is 0 Å². The summed E-state index contributed by atoms with van der Waals surface area (Å²) in [5, 5.41) is 5.21. The van der Waals surface area contributed by atoms with Gasteiger partial charge in [-0.25, -0.2) is 0 Å². The van der Waals surface area contributed by atoms with Gasteiger partial charge in [0.05, 0.1) is 12.0 Å². The normalized spacial score (nSPS) is 18.4. The smallest absolute Gasteiger partial charge is 0.226 e. The first kappa shape index (κ1) is 18.6. The second-order valence-corrected chi connectivity index (χ2v) is 8.09. The number of rotatable bonds is 6. The van der Waals surface area contributed by atoms with E-state index in [9.17, 15) is 9.59 Å². The first-order chi connectivity index (χ1) is 12.5. The molecule has 2 atom stereocenters. The molecule has 1 aliphatic rings. The fraction of sp³-hybridized carbons (Fsp3) is 0.429. The molecule has 26 heavy (non-hydrogen) atoms. The highest BCUT2D eigenvalue weighted by atomic mass is 32.1. The predicted octanol–water partition coefficient (Wildman–Crippen LogP) is 3.95. The molecule has 2 amide bonds. The summed E-state index contributed by atoms with van der Waals surface area (Å²) in [6.07, 6.45) is 0.309. The van der Waals surface area contributed by atoms with Crippen molar-refractivity contribution in [3.05, 3.63) is 57.8 Å². The second kappa shape index (κ2) is 8.04. The van der Waals surface area contributed by atoms with E-state index in [1.165, 1.54) is 5.56 Å². The lowest BCUT2D eigenvalue weighted by Crippen LogP contribution is -2.35. The Kier molecular flexibility index (Phi) is 5.77.